The van der Waals surface area contributed by atoms with Crippen LogP contribution in [0.5, 0.6) is 0 Å². The first-order valence-electron chi connectivity index (χ1n) is 6.40. The predicted octanol–water partition coefficient (Wildman–Crippen LogP) is 2.70. The first kappa shape index (κ1) is 13.1. The Labute approximate surface area is 126 Å². The first-order valence-corrected chi connectivity index (χ1v) is 7.20. The summed E-state index contributed by atoms with van der Waals surface area (Å²) in [5.41, 5.74) is 2.12. The number of hydrogen-bond acceptors (Lipinski definition) is 2. The molecule has 2 aromatic rings. The molecule has 0 saturated heterocycles. The van der Waals surface area contributed by atoms with Crippen LogP contribution in [0.15, 0.2) is 64.2 Å². The second kappa shape index (κ2) is 5.59. The summed E-state index contributed by atoms with van der Waals surface area (Å²) in [6.45, 7) is 0. The maximum atomic E-state index is 11.7. The quantitative estimate of drug-likeness (QED) is 0.781. The summed E-state index contributed by atoms with van der Waals surface area (Å²) < 4.78 is 2.77. The Bertz CT molecular complexity index is 680. The molecule has 0 spiro atoms. The number of hydrogen-bond donors (Lipinski definition) is 0. The van der Waals surface area contributed by atoms with Gasteiger partial charge in [0, 0.05) is 21.5 Å². The lowest BCUT2D eigenvalue weighted by Gasteiger charge is -2.06. The Morgan fingerprint density at radius 1 is 1.15 bits per heavy atom. The van der Waals surface area contributed by atoms with E-state index < -0.39 is 0 Å². The Hall–Kier alpha value is -1.94. The van der Waals surface area contributed by atoms with Gasteiger partial charge in [0.2, 0.25) is 12.3 Å². The molecule has 2 aromatic carbocycles. The monoisotopic (exact) mass is 328 g/mol. The largest absolute Gasteiger partial charge is 0.857 e. The van der Waals surface area contributed by atoms with Crippen molar-refractivity contribution in [3.8, 4) is 0 Å². The Kier molecular flexibility index (Phi) is 3.65. The van der Waals surface area contributed by atoms with Crippen molar-refractivity contribution in [3.63, 3.8) is 0 Å². The summed E-state index contributed by atoms with van der Waals surface area (Å²) in [5.74, 6) is -0.0813. The number of nitrogens with zero attached hydrogens (tertiary/aromatic N) is 2. The zero-order valence-electron chi connectivity index (χ0n) is 10.7. The molecular weight excluding hydrogens is 316 g/mol. The van der Waals surface area contributed by atoms with E-state index in [0.29, 0.717) is 6.42 Å². The van der Waals surface area contributed by atoms with Crippen molar-refractivity contribution >= 4 is 28.0 Å². The van der Waals surface area contributed by atoms with Gasteiger partial charge in [0.1, 0.15) is 0 Å². The molecule has 20 heavy (non-hydrogen) atoms. The lowest BCUT2D eigenvalue weighted by molar-refractivity contribution is -0.563. The van der Waals surface area contributed by atoms with Gasteiger partial charge in [-0.3, -0.25) is 0 Å². The third kappa shape index (κ3) is 2.80. The van der Waals surface area contributed by atoms with E-state index in [1.54, 1.807) is 4.68 Å². The van der Waals surface area contributed by atoms with Gasteiger partial charge in [-0.25, -0.2) is 0 Å². The predicted molar refractivity (Wildman–Crippen MR) is 80.8 cm³/mol. The number of benzene rings is 2. The highest BCUT2D eigenvalue weighted by atomic mass is 79.9. The summed E-state index contributed by atoms with van der Waals surface area (Å²) in [4.78, 5) is 0. The van der Waals surface area contributed by atoms with Crippen molar-refractivity contribution in [3.05, 3.63) is 70.2 Å². The molecule has 0 aromatic heterocycles. The van der Waals surface area contributed by atoms with Crippen molar-refractivity contribution in [2.24, 2.45) is 5.10 Å². The second-order valence-corrected chi connectivity index (χ2v) is 5.60. The topological polar surface area (TPSA) is 38.4 Å². The summed E-state index contributed by atoms with van der Waals surface area (Å²) in [6, 6.07) is 17.9. The highest BCUT2D eigenvalue weighted by Gasteiger charge is 2.29. The molecule has 4 heteroatoms. The van der Waals surface area contributed by atoms with E-state index in [2.05, 4.69) is 21.0 Å². The molecule has 3 rings (SSSR count). The van der Waals surface area contributed by atoms with Crippen molar-refractivity contribution in [2.45, 2.75) is 12.5 Å². The zero-order chi connectivity index (χ0) is 13.9. The van der Waals surface area contributed by atoms with Gasteiger partial charge in [0.15, 0.2) is 0 Å². The molecule has 1 aliphatic rings. The van der Waals surface area contributed by atoms with Gasteiger partial charge in [-0.15, -0.1) is 0 Å². The molecule has 1 heterocycles. The fourth-order valence-electron chi connectivity index (χ4n) is 2.29. The van der Waals surface area contributed by atoms with Gasteiger partial charge in [-0.05, 0) is 29.4 Å². The second-order valence-electron chi connectivity index (χ2n) is 4.69. The SMILES string of the molecule is [O-]C1=N/[N+](=C\c2ccccc2)C(c2cccc(Br)c2)C1. The average molecular weight is 329 g/mol. The van der Waals surface area contributed by atoms with Crippen LogP contribution in [0.4, 0.5) is 0 Å². The van der Waals surface area contributed by atoms with Crippen LogP contribution in [0.25, 0.3) is 0 Å². The van der Waals surface area contributed by atoms with E-state index in [4.69, 9.17) is 0 Å². The molecule has 0 saturated carbocycles. The van der Waals surface area contributed by atoms with E-state index in [1.807, 2.05) is 60.8 Å². The van der Waals surface area contributed by atoms with Gasteiger partial charge in [0.25, 0.3) is 0 Å². The van der Waals surface area contributed by atoms with Crippen LogP contribution in [-0.4, -0.2) is 16.8 Å². The van der Waals surface area contributed by atoms with Gasteiger partial charge in [0.05, 0.1) is 6.42 Å². The Morgan fingerprint density at radius 2 is 1.95 bits per heavy atom. The molecule has 100 valence electrons. The summed E-state index contributed by atoms with van der Waals surface area (Å²) in [5, 5.41) is 15.8. The maximum Gasteiger partial charge on any atom is 0.213 e. The number of rotatable bonds is 2. The third-order valence-electron chi connectivity index (χ3n) is 3.23. The van der Waals surface area contributed by atoms with Crippen LogP contribution in [0.1, 0.15) is 23.6 Å². The third-order valence-corrected chi connectivity index (χ3v) is 3.72. The molecule has 0 bridgehead atoms. The van der Waals surface area contributed by atoms with Crippen molar-refractivity contribution in [1.29, 1.82) is 0 Å². The van der Waals surface area contributed by atoms with Crippen LogP contribution in [0.3, 0.4) is 0 Å². The molecule has 0 aliphatic carbocycles. The van der Waals surface area contributed by atoms with E-state index in [1.165, 1.54) is 0 Å². The average Bonchev–Trinajstić information content (AvgIpc) is 2.81. The van der Waals surface area contributed by atoms with Crippen LogP contribution in [0, 0.1) is 0 Å². The van der Waals surface area contributed by atoms with E-state index in [0.717, 1.165) is 15.6 Å². The van der Waals surface area contributed by atoms with Gasteiger partial charge in [-0.2, -0.15) is 0 Å². The molecule has 3 nitrogen and oxygen atoms in total. The van der Waals surface area contributed by atoms with Gasteiger partial charge >= 0.3 is 0 Å². The fourth-order valence-corrected chi connectivity index (χ4v) is 2.71. The lowest BCUT2D eigenvalue weighted by atomic mass is 10.0. The minimum atomic E-state index is -0.0813. The van der Waals surface area contributed by atoms with Crippen molar-refractivity contribution in [2.75, 3.05) is 0 Å². The Balaban J connectivity index is 1.98. The highest BCUT2D eigenvalue weighted by Crippen LogP contribution is 2.27. The van der Waals surface area contributed by atoms with E-state index in [9.17, 15) is 5.11 Å². The Morgan fingerprint density at radius 3 is 2.70 bits per heavy atom. The molecule has 1 atom stereocenters. The molecule has 0 fully saturated rings. The fraction of sp³-hybridized carbons (Fsp3) is 0.125. The molecule has 1 aliphatic heterocycles. The standard InChI is InChI=1S/C16H13BrN2O/c17-14-8-4-7-13(9-14)15-10-16(20)18-19(15)11-12-5-2-1-3-6-12/h1-9,11,15H,10H2/b19-11-. The van der Waals surface area contributed by atoms with E-state index in [-0.39, 0.29) is 11.9 Å². The van der Waals surface area contributed by atoms with Crippen molar-refractivity contribution in [1.82, 2.24) is 0 Å². The maximum absolute atomic E-state index is 11.7. The summed E-state index contributed by atoms with van der Waals surface area (Å²) >= 11 is 3.47. The normalized spacial score (nSPS) is 20.1. The summed E-state index contributed by atoms with van der Waals surface area (Å²) in [6.07, 6.45) is 2.33. The zero-order valence-corrected chi connectivity index (χ0v) is 12.3. The van der Waals surface area contributed by atoms with Crippen LogP contribution >= 0.6 is 15.9 Å². The van der Waals surface area contributed by atoms with Gasteiger partial charge < -0.3 is 5.11 Å². The summed E-state index contributed by atoms with van der Waals surface area (Å²) in [7, 11) is 0. The molecule has 1 unspecified atom stereocenters. The van der Waals surface area contributed by atoms with Crippen LogP contribution in [0.2, 0.25) is 0 Å². The minimum Gasteiger partial charge on any atom is -0.857 e. The van der Waals surface area contributed by atoms with Crippen LogP contribution < -0.4 is 5.11 Å². The minimum absolute atomic E-state index is 0.0276. The van der Waals surface area contributed by atoms with E-state index >= 15 is 0 Å². The number of halogens is 1. The lowest BCUT2D eigenvalue weighted by Crippen LogP contribution is -2.15. The van der Waals surface area contributed by atoms with Gasteiger partial charge in [-0.1, -0.05) is 50.9 Å². The molecule has 0 N–H and O–H groups in total. The first-order chi connectivity index (χ1) is 9.72. The smallest absolute Gasteiger partial charge is 0.213 e. The molecule has 0 amide bonds. The highest BCUT2D eigenvalue weighted by molar-refractivity contribution is 9.10. The number of hydrazone groups is 1. The van der Waals surface area contributed by atoms with Crippen LogP contribution in [-0.2, 0) is 0 Å². The molecule has 0 radical (unpaired) electrons. The van der Waals surface area contributed by atoms with Crippen molar-refractivity contribution < 1.29 is 9.79 Å². The molecular formula is C16H13BrN2O.